The molecule has 0 spiro atoms. The Morgan fingerprint density at radius 1 is 0.750 bits per heavy atom. The Labute approximate surface area is 202 Å². The van der Waals surface area contributed by atoms with E-state index in [1.165, 1.54) is 38.3 Å². The Bertz CT molecular complexity index is 983. The summed E-state index contributed by atoms with van der Waals surface area (Å²) in [5.74, 6) is 5.03. The van der Waals surface area contributed by atoms with Gasteiger partial charge in [-0.2, -0.15) is 0 Å². The molecule has 2 aromatic heterocycles. The SMILES string of the molecule is CC(C)(O)C#CC(C)(C)O.Cc1csc2c(C)csc12.S=S=S=S=S=S=S=S. The van der Waals surface area contributed by atoms with Crippen LogP contribution in [0.2, 0.25) is 0 Å². The molecule has 0 aliphatic heterocycles. The highest BCUT2D eigenvalue weighted by atomic mass is 33.4. The van der Waals surface area contributed by atoms with Crippen LogP contribution in [-0.2, 0) is 75.7 Å². The monoisotopic (exact) mass is 566 g/mol. The molecule has 0 fully saturated rings. The maximum Gasteiger partial charge on any atom is 0.120 e. The van der Waals surface area contributed by atoms with Crippen molar-refractivity contribution in [3.05, 3.63) is 21.9 Å². The fraction of sp³-hybridized carbons (Fsp3) is 0.500. The highest BCUT2D eigenvalue weighted by molar-refractivity contribution is 8.70. The summed E-state index contributed by atoms with van der Waals surface area (Å²) in [4.78, 5) is 0. The molecule has 0 unspecified atom stereocenters. The number of fused-ring (bicyclic) bond motifs is 1. The van der Waals surface area contributed by atoms with Gasteiger partial charge in [-0.1, -0.05) is 11.8 Å². The highest BCUT2D eigenvalue weighted by Crippen LogP contribution is 2.33. The van der Waals surface area contributed by atoms with Crippen LogP contribution in [0, 0.1) is 25.7 Å². The molecular weight excluding hydrogens is 545 g/mol. The van der Waals surface area contributed by atoms with E-state index in [4.69, 9.17) is 10.2 Å². The van der Waals surface area contributed by atoms with Gasteiger partial charge in [0.05, 0.1) is 0 Å². The van der Waals surface area contributed by atoms with Crippen molar-refractivity contribution in [1.29, 1.82) is 0 Å². The molecule has 2 rings (SSSR count). The van der Waals surface area contributed by atoms with Crippen molar-refractivity contribution < 1.29 is 10.2 Å². The van der Waals surface area contributed by atoms with Crippen molar-refractivity contribution in [1.82, 2.24) is 0 Å². The first kappa shape index (κ1) is 28.9. The van der Waals surface area contributed by atoms with Gasteiger partial charge in [-0.3, -0.25) is 0 Å². The van der Waals surface area contributed by atoms with E-state index in [0.717, 1.165) is 0 Å². The second kappa shape index (κ2) is 14.8. The third-order valence-corrected chi connectivity index (χ3v) is 16.1. The van der Waals surface area contributed by atoms with Crippen molar-refractivity contribution >= 4 is 108 Å². The van der Waals surface area contributed by atoms with E-state index in [0.29, 0.717) is 0 Å². The van der Waals surface area contributed by atoms with Gasteiger partial charge in [-0.25, -0.2) is 0 Å². The fourth-order valence-corrected chi connectivity index (χ4v) is 14.7. The van der Waals surface area contributed by atoms with Gasteiger partial charge in [0.2, 0.25) is 0 Å². The van der Waals surface area contributed by atoms with Crippen molar-refractivity contribution in [2.45, 2.75) is 52.7 Å². The second-order valence-electron chi connectivity index (χ2n) is 6.27. The number of rotatable bonds is 0. The summed E-state index contributed by atoms with van der Waals surface area (Å²) in [7, 11) is 9.12. The molecule has 2 heterocycles. The molecule has 0 saturated carbocycles. The van der Waals surface area contributed by atoms with Gasteiger partial charge in [0, 0.05) is 85.1 Å². The average Bonchev–Trinajstić information content (AvgIpc) is 3.14. The molecular formula is C16H22O2S10. The lowest BCUT2D eigenvalue weighted by Crippen LogP contribution is -2.20. The van der Waals surface area contributed by atoms with Crippen LogP contribution in [-0.4, -0.2) is 21.4 Å². The van der Waals surface area contributed by atoms with Crippen molar-refractivity contribution in [2.24, 2.45) is 0 Å². The lowest BCUT2D eigenvalue weighted by atomic mass is 10.1. The second-order valence-corrected chi connectivity index (χ2v) is 18.6. The van der Waals surface area contributed by atoms with Crippen molar-refractivity contribution in [2.75, 3.05) is 0 Å². The van der Waals surface area contributed by atoms with Crippen molar-refractivity contribution in [3.63, 3.8) is 0 Å². The van der Waals surface area contributed by atoms with E-state index in [1.54, 1.807) is 63.2 Å². The maximum atomic E-state index is 9.10. The van der Waals surface area contributed by atoms with E-state index in [9.17, 15) is 0 Å². The zero-order valence-corrected chi connectivity index (χ0v) is 24.3. The molecule has 0 bridgehead atoms. The molecule has 0 amide bonds. The van der Waals surface area contributed by atoms with Gasteiger partial charge in [0.1, 0.15) is 11.2 Å². The smallest absolute Gasteiger partial charge is 0.120 e. The number of hydrogen-bond donors (Lipinski definition) is 2. The Kier molecular flexibility index (Phi) is 15.3. The molecule has 2 aromatic rings. The Morgan fingerprint density at radius 2 is 1.07 bits per heavy atom. The van der Waals surface area contributed by atoms with Crippen LogP contribution in [0.4, 0.5) is 0 Å². The lowest BCUT2D eigenvalue weighted by molar-refractivity contribution is 0.131. The Hall–Kier alpha value is 0.900. The molecule has 2 nitrogen and oxygen atoms in total. The van der Waals surface area contributed by atoms with E-state index >= 15 is 0 Å². The minimum absolute atomic E-state index is 1.01. The predicted molar refractivity (Wildman–Crippen MR) is 148 cm³/mol. The minimum atomic E-state index is -1.01. The summed E-state index contributed by atoms with van der Waals surface area (Å²) in [5, 5.41) is 22.7. The summed E-state index contributed by atoms with van der Waals surface area (Å²) in [6.07, 6.45) is 0. The summed E-state index contributed by atoms with van der Waals surface area (Å²) in [6.45, 7) is 10.7. The van der Waals surface area contributed by atoms with Crippen LogP contribution in [0.15, 0.2) is 10.8 Å². The Balaban J connectivity index is 0.000000394. The topological polar surface area (TPSA) is 40.5 Å². The van der Waals surface area contributed by atoms with Crippen molar-refractivity contribution in [3.8, 4) is 11.8 Å². The number of aryl methyl sites for hydroxylation is 2. The first-order chi connectivity index (χ1) is 12.9. The minimum Gasteiger partial charge on any atom is -0.378 e. The summed E-state index contributed by atoms with van der Waals surface area (Å²) < 4.78 is 2.95. The molecule has 0 aliphatic carbocycles. The van der Waals surface area contributed by atoms with Gasteiger partial charge in [-0.05, 0) is 63.4 Å². The van der Waals surface area contributed by atoms with Crippen LogP contribution in [0.5, 0.6) is 0 Å². The molecule has 12 heteroatoms. The van der Waals surface area contributed by atoms with Crippen LogP contribution in [0.25, 0.3) is 9.40 Å². The predicted octanol–water partition coefficient (Wildman–Crippen LogP) is 4.09. The highest BCUT2D eigenvalue weighted by Gasteiger charge is 2.10. The standard InChI is InChI=1S/C8H14O2.C8H8S2.S8/c1-7(2,9)5-6-8(3,4)10;1-5-3-9-8-6(2)4-10-7(5)8;1-3-5-7-8-6-4-2/h9-10H,1-4H3;3-4H,1-2H3;. The third kappa shape index (κ3) is 14.8. The lowest BCUT2D eigenvalue weighted by Gasteiger charge is -2.10. The molecule has 28 heavy (non-hydrogen) atoms. The normalized spacial score (nSPS) is 10.1. The quantitative estimate of drug-likeness (QED) is 0.472. The third-order valence-electron chi connectivity index (χ3n) is 2.44. The number of aliphatic hydroxyl groups is 2. The van der Waals surface area contributed by atoms with Gasteiger partial charge in [-0.15, -0.1) is 22.7 Å². The zero-order valence-electron chi connectivity index (χ0n) is 16.1. The van der Waals surface area contributed by atoms with Gasteiger partial charge >= 0.3 is 0 Å². The summed E-state index contributed by atoms with van der Waals surface area (Å²) in [5.41, 5.74) is 0.830. The van der Waals surface area contributed by atoms with E-state index in [2.05, 4.69) is 58.8 Å². The van der Waals surface area contributed by atoms with Crippen LogP contribution in [0.1, 0.15) is 38.8 Å². The van der Waals surface area contributed by atoms with Gasteiger partial charge in [0.25, 0.3) is 0 Å². The molecule has 0 aliphatic rings. The average molecular weight is 567 g/mol. The van der Waals surface area contributed by atoms with E-state index in [-0.39, 0.29) is 0 Å². The van der Waals surface area contributed by atoms with E-state index < -0.39 is 11.2 Å². The largest absolute Gasteiger partial charge is 0.378 e. The number of hydrogen-bond acceptors (Lipinski definition) is 6. The molecule has 0 aromatic carbocycles. The first-order valence-corrected chi connectivity index (χ1v) is 18.7. The first-order valence-electron chi connectivity index (χ1n) is 7.57. The molecule has 0 radical (unpaired) electrons. The van der Waals surface area contributed by atoms with Crippen LogP contribution >= 0.6 is 22.7 Å². The molecule has 2 N–H and O–H groups in total. The summed E-state index contributed by atoms with van der Waals surface area (Å²) >= 11 is 12.9. The van der Waals surface area contributed by atoms with Gasteiger partial charge < -0.3 is 10.2 Å². The molecule has 0 saturated heterocycles. The Morgan fingerprint density at radius 3 is 1.32 bits per heavy atom. The van der Waals surface area contributed by atoms with Crippen LogP contribution in [0.3, 0.4) is 0 Å². The fourth-order valence-electron chi connectivity index (χ4n) is 1.40. The maximum absolute atomic E-state index is 9.10. The molecule has 158 valence electrons. The van der Waals surface area contributed by atoms with Crippen LogP contribution < -0.4 is 0 Å². The number of thiophene rings is 2. The van der Waals surface area contributed by atoms with E-state index in [1.807, 2.05) is 22.7 Å². The summed E-state index contributed by atoms with van der Waals surface area (Å²) in [6, 6.07) is 0. The zero-order chi connectivity index (χ0) is 21.8. The molecule has 0 atom stereocenters. The van der Waals surface area contributed by atoms with Gasteiger partial charge in [0.15, 0.2) is 0 Å².